The Morgan fingerprint density at radius 3 is 2.56 bits per heavy atom. The second-order valence-corrected chi connectivity index (χ2v) is 5.17. The Morgan fingerprint density at radius 2 is 2.11 bits per heavy atom. The van der Waals surface area contributed by atoms with Gasteiger partial charge >= 0.3 is 74.9 Å². The molecule has 0 aliphatic carbocycles. The maximum absolute atomic E-state index is 9.03. The number of benzene rings is 1. The molecule has 3 heteroatoms. The number of hydrogen-bond donors (Lipinski definition) is 1. The van der Waals surface area contributed by atoms with E-state index >= 15 is 0 Å². The van der Waals surface area contributed by atoms with Crippen molar-refractivity contribution in [3.63, 3.8) is 0 Å². The van der Waals surface area contributed by atoms with Gasteiger partial charge in [-0.25, -0.2) is 0 Å². The molecule has 0 fully saturated rings. The molecule has 0 aliphatic rings. The molecular weight excluding hydrogens is 324 g/mol. The van der Waals surface area contributed by atoms with Crippen LogP contribution in [0.1, 0.15) is 0 Å². The summed E-state index contributed by atoms with van der Waals surface area (Å²) in [6.45, 7) is 0. The van der Waals surface area contributed by atoms with Crippen LogP contribution in [0.3, 0.4) is 0 Å². The molecule has 0 heterocycles. The van der Waals surface area contributed by atoms with Crippen LogP contribution in [-0.4, -0.2) is 5.11 Å². The van der Waals surface area contributed by atoms with Crippen molar-refractivity contribution >= 4 is 14.7 Å². The third-order valence-electron chi connectivity index (χ3n) is 1.04. The molecular formula is C6H4ClHgO. The van der Waals surface area contributed by atoms with E-state index in [9.17, 15) is 0 Å². The van der Waals surface area contributed by atoms with E-state index in [4.69, 9.17) is 16.7 Å². The first kappa shape index (κ1) is 7.35. The first-order valence-electron chi connectivity index (χ1n) is 2.50. The number of halogens is 1. The van der Waals surface area contributed by atoms with E-state index < -0.39 is 0 Å². The van der Waals surface area contributed by atoms with Crippen molar-refractivity contribution in [3.8, 4) is 5.75 Å². The monoisotopic (exact) mass is 329 g/mol. The van der Waals surface area contributed by atoms with Gasteiger partial charge in [0.25, 0.3) is 0 Å². The molecule has 43 valence electrons. The van der Waals surface area contributed by atoms with Gasteiger partial charge in [-0.1, -0.05) is 0 Å². The van der Waals surface area contributed by atoms with Crippen molar-refractivity contribution in [2.75, 3.05) is 0 Å². The first-order chi connectivity index (χ1) is 4.20. The summed E-state index contributed by atoms with van der Waals surface area (Å²) >= 11 is 6.09. The van der Waals surface area contributed by atoms with Crippen LogP contribution in [0.25, 0.3) is 0 Å². The minimum absolute atomic E-state index is 0.378. The molecule has 1 rings (SSSR count). The Hall–Kier alpha value is 0.245. The van der Waals surface area contributed by atoms with E-state index in [1.165, 1.54) is 0 Å². The fourth-order valence-corrected chi connectivity index (χ4v) is 2.56. The van der Waals surface area contributed by atoms with Gasteiger partial charge in [0.15, 0.2) is 0 Å². The zero-order valence-corrected chi connectivity index (χ0v) is 11.0. The predicted molar refractivity (Wildman–Crippen MR) is 32.8 cm³/mol. The molecule has 0 amide bonds. The van der Waals surface area contributed by atoms with Crippen LogP contribution in [0.5, 0.6) is 5.75 Å². The summed E-state index contributed by atoms with van der Waals surface area (Å²) < 4.78 is 1.00. The van der Waals surface area contributed by atoms with Gasteiger partial charge in [0, 0.05) is 0 Å². The van der Waals surface area contributed by atoms with Gasteiger partial charge in [-0.05, 0) is 0 Å². The summed E-state index contributed by atoms with van der Waals surface area (Å²) in [5.74, 6) is 0.378. The molecule has 0 aromatic heterocycles. The van der Waals surface area contributed by atoms with Crippen molar-refractivity contribution in [3.05, 3.63) is 23.2 Å². The molecule has 0 saturated heterocycles. The minimum atomic E-state index is 0.378. The van der Waals surface area contributed by atoms with Crippen molar-refractivity contribution in [1.82, 2.24) is 0 Å². The van der Waals surface area contributed by atoms with Crippen LogP contribution in [0.4, 0.5) is 0 Å². The van der Waals surface area contributed by atoms with E-state index in [0.29, 0.717) is 36.9 Å². The van der Waals surface area contributed by atoms with E-state index in [0.717, 1.165) is 3.07 Å². The molecule has 1 N–H and O–H groups in total. The summed E-state index contributed by atoms with van der Waals surface area (Å²) in [6, 6.07) is 5.12. The Bertz CT molecular complexity index is 224. The van der Waals surface area contributed by atoms with Gasteiger partial charge in [0.2, 0.25) is 0 Å². The Kier molecular flexibility index (Phi) is 2.36. The normalized spacial score (nSPS) is 9.67. The zero-order valence-electron chi connectivity index (χ0n) is 4.76. The van der Waals surface area contributed by atoms with E-state index in [1.807, 2.05) is 0 Å². The predicted octanol–water partition coefficient (Wildman–Crippen LogP) is 1.22. The number of phenols is 1. The third kappa shape index (κ3) is 1.83. The van der Waals surface area contributed by atoms with Gasteiger partial charge in [0.05, 0.1) is 0 Å². The molecule has 1 nitrogen and oxygen atoms in total. The fraction of sp³-hybridized carbons (Fsp3) is 0. The van der Waals surface area contributed by atoms with Gasteiger partial charge in [0.1, 0.15) is 0 Å². The summed E-state index contributed by atoms with van der Waals surface area (Å²) in [6.07, 6.45) is 0. The summed E-state index contributed by atoms with van der Waals surface area (Å²) in [4.78, 5) is 0. The van der Waals surface area contributed by atoms with Crippen molar-refractivity contribution in [1.29, 1.82) is 0 Å². The molecule has 0 unspecified atom stereocenters. The van der Waals surface area contributed by atoms with E-state index in [1.54, 1.807) is 18.2 Å². The van der Waals surface area contributed by atoms with Crippen molar-refractivity contribution < 1.29 is 31.2 Å². The topological polar surface area (TPSA) is 20.2 Å². The second kappa shape index (κ2) is 2.89. The molecule has 1 aromatic carbocycles. The average Bonchev–Trinajstić information content (AvgIpc) is 1.80. The van der Waals surface area contributed by atoms with E-state index in [-0.39, 0.29) is 0 Å². The molecule has 0 saturated carbocycles. The van der Waals surface area contributed by atoms with Crippen molar-refractivity contribution in [2.24, 2.45) is 0 Å². The molecule has 0 aliphatic heterocycles. The summed E-state index contributed by atoms with van der Waals surface area (Å²) in [5, 5.41) is 9.74. The van der Waals surface area contributed by atoms with Crippen LogP contribution in [0.2, 0.25) is 5.02 Å². The van der Waals surface area contributed by atoms with Gasteiger partial charge in [-0.2, -0.15) is 0 Å². The van der Waals surface area contributed by atoms with Gasteiger partial charge in [-0.15, -0.1) is 0 Å². The third-order valence-corrected chi connectivity index (χ3v) is 3.48. The van der Waals surface area contributed by atoms with Gasteiger partial charge < -0.3 is 0 Å². The molecule has 9 heavy (non-hydrogen) atoms. The molecule has 0 bridgehead atoms. The fourth-order valence-electron chi connectivity index (χ4n) is 0.554. The summed E-state index contributed by atoms with van der Waals surface area (Å²) in [5.41, 5.74) is 0. The molecule has 1 aromatic rings. The number of rotatable bonds is 0. The molecule has 0 radical (unpaired) electrons. The zero-order chi connectivity index (χ0) is 6.85. The van der Waals surface area contributed by atoms with E-state index in [2.05, 4.69) is 0 Å². The van der Waals surface area contributed by atoms with Crippen LogP contribution in [0, 0.1) is 0 Å². The standard InChI is InChI=1S/C6H4ClO.Hg/c7-5-1-3-6(8)4-2-5;/h1-3,8H;. The number of hydrogen-bond acceptors (Lipinski definition) is 1. The maximum atomic E-state index is 9.03. The SMILES string of the molecule is Oc1ccc(Cl)c[c]1[Hg]. The van der Waals surface area contributed by atoms with Crippen LogP contribution < -0.4 is 3.07 Å². The quantitative estimate of drug-likeness (QED) is 0.710. The summed E-state index contributed by atoms with van der Waals surface area (Å²) in [7, 11) is 0. The van der Waals surface area contributed by atoms with Crippen LogP contribution >= 0.6 is 11.6 Å². The Morgan fingerprint density at radius 1 is 1.44 bits per heavy atom. The average molecular weight is 328 g/mol. The number of aromatic hydroxyl groups is 1. The Balaban J connectivity index is 3.17. The Labute approximate surface area is 74.6 Å². The van der Waals surface area contributed by atoms with Crippen molar-refractivity contribution in [2.45, 2.75) is 0 Å². The van der Waals surface area contributed by atoms with Gasteiger partial charge in [-0.3, -0.25) is 0 Å². The second-order valence-electron chi connectivity index (χ2n) is 1.77. The molecule has 0 spiro atoms. The van der Waals surface area contributed by atoms with Crippen LogP contribution in [-0.2, 0) is 26.1 Å². The molecule has 0 atom stereocenters. The van der Waals surface area contributed by atoms with Crippen LogP contribution in [0.15, 0.2) is 18.2 Å². The number of phenolic OH excluding ortho intramolecular Hbond substituents is 1. The first-order valence-corrected chi connectivity index (χ1v) is 5.63.